The van der Waals surface area contributed by atoms with Gasteiger partial charge in [0.15, 0.2) is 5.78 Å². The van der Waals surface area contributed by atoms with Crippen molar-refractivity contribution in [3.63, 3.8) is 0 Å². The largest absolute Gasteiger partial charge is 0.480 e. The van der Waals surface area contributed by atoms with Gasteiger partial charge >= 0.3 is 17.9 Å². The third-order valence-electron chi connectivity index (χ3n) is 9.38. The van der Waals surface area contributed by atoms with Crippen molar-refractivity contribution in [3.05, 3.63) is 62.4 Å². The van der Waals surface area contributed by atoms with E-state index < -0.39 is 23.5 Å². The summed E-state index contributed by atoms with van der Waals surface area (Å²) in [5.74, 6) is -2.93. The SMILES string of the molecule is CCc1c2c(nc3ccc(C)cc13)-c1cc3c(c(=O)n1C2)COC(=O)[C@@]3(CC)OC(=O)CCC(=O)COCCOC(CC)COCCOCC(=O)O. The summed E-state index contributed by atoms with van der Waals surface area (Å²) < 4.78 is 34.5. The van der Waals surface area contributed by atoms with Gasteiger partial charge in [-0.05, 0) is 49.9 Å². The van der Waals surface area contributed by atoms with Gasteiger partial charge in [0.25, 0.3) is 5.56 Å². The van der Waals surface area contributed by atoms with Gasteiger partial charge in [-0.3, -0.25) is 14.4 Å². The molecule has 5 rings (SSSR count). The minimum Gasteiger partial charge on any atom is -0.480 e. The Kier molecular flexibility index (Phi) is 12.9. The molecule has 0 fully saturated rings. The van der Waals surface area contributed by atoms with Gasteiger partial charge in [0, 0.05) is 22.9 Å². The summed E-state index contributed by atoms with van der Waals surface area (Å²) in [6, 6.07) is 7.80. The monoisotopic (exact) mass is 722 g/mol. The number of pyridine rings is 2. The molecular formula is C38H46N2O12. The zero-order valence-corrected chi connectivity index (χ0v) is 30.1. The highest BCUT2D eigenvalue weighted by Crippen LogP contribution is 2.42. The van der Waals surface area contributed by atoms with Crippen molar-refractivity contribution in [1.82, 2.24) is 9.55 Å². The minimum atomic E-state index is -1.86. The van der Waals surface area contributed by atoms with E-state index in [-0.39, 0.29) is 94.1 Å². The van der Waals surface area contributed by atoms with Crippen LogP contribution >= 0.6 is 0 Å². The number of hydrogen-bond acceptors (Lipinski definition) is 12. The Balaban J connectivity index is 1.18. The number of esters is 2. The van der Waals surface area contributed by atoms with E-state index in [0.29, 0.717) is 31.0 Å². The van der Waals surface area contributed by atoms with Gasteiger partial charge in [0.05, 0.1) is 74.6 Å². The van der Waals surface area contributed by atoms with Gasteiger partial charge in [-0.15, -0.1) is 0 Å². The number of ketones is 1. The Hall–Kier alpha value is -4.50. The van der Waals surface area contributed by atoms with Crippen LogP contribution in [0, 0.1) is 6.92 Å². The lowest BCUT2D eigenvalue weighted by molar-refractivity contribution is -0.189. The molecule has 2 aromatic heterocycles. The van der Waals surface area contributed by atoms with Crippen LogP contribution in [0.4, 0.5) is 0 Å². The molecule has 280 valence electrons. The van der Waals surface area contributed by atoms with E-state index in [2.05, 4.69) is 13.0 Å². The van der Waals surface area contributed by atoms with E-state index in [1.54, 1.807) is 17.6 Å². The van der Waals surface area contributed by atoms with E-state index >= 15 is 0 Å². The van der Waals surface area contributed by atoms with Gasteiger partial charge in [-0.25, -0.2) is 14.6 Å². The third-order valence-corrected chi connectivity index (χ3v) is 9.38. The second-order valence-corrected chi connectivity index (χ2v) is 12.8. The number of Topliss-reactive ketones (excluding diaryl/α,β-unsaturated/α-hetero) is 1. The van der Waals surface area contributed by atoms with Crippen molar-refractivity contribution in [2.75, 3.05) is 46.2 Å². The van der Waals surface area contributed by atoms with Gasteiger partial charge < -0.3 is 38.1 Å². The summed E-state index contributed by atoms with van der Waals surface area (Å²) in [5.41, 5.74) is 3.55. The molecule has 2 aliphatic rings. The Morgan fingerprint density at radius 3 is 2.46 bits per heavy atom. The second kappa shape index (κ2) is 17.3. The van der Waals surface area contributed by atoms with Crippen LogP contribution in [0.15, 0.2) is 29.1 Å². The Morgan fingerprint density at radius 2 is 1.73 bits per heavy atom. The van der Waals surface area contributed by atoms with Crippen LogP contribution < -0.4 is 5.56 Å². The van der Waals surface area contributed by atoms with Crippen molar-refractivity contribution in [1.29, 1.82) is 0 Å². The number of carbonyl (C=O) groups excluding carboxylic acids is 3. The second-order valence-electron chi connectivity index (χ2n) is 12.8. The number of ether oxygens (including phenoxy) is 6. The maximum atomic E-state index is 13.9. The lowest BCUT2D eigenvalue weighted by Crippen LogP contribution is -2.47. The molecule has 1 unspecified atom stereocenters. The van der Waals surface area contributed by atoms with Gasteiger partial charge in [-0.2, -0.15) is 0 Å². The number of fused-ring (bicyclic) bond motifs is 5. The molecule has 1 aromatic carbocycles. The lowest BCUT2D eigenvalue weighted by Gasteiger charge is -2.35. The molecule has 1 N–H and O–H groups in total. The van der Waals surface area contributed by atoms with Gasteiger partial charge in [0.1, 0.15) is 19.8 Å². The number of aryl methyl sites for hydroxylation is 2. The number of hydrogen-bond donors (Lipinski definition) is 1. The Morgan fingerprint density at radius 1 is 0.981 bits per heavy atom. The molecule has 3 aromatic rings. The maximum Gasteiger partial charge on any atom is 0.355 e. The van der Waals surface area contributed by atoms with Gasteiger partial charge in [-0.1, -0.05) is 32.4 Å². The number of benzene rings is 1. The van der Waals surface area contributed by atoms with Crippen LogP contribution in [0.2, 0.25) is 0 Å². The predicted molar refractivity (Wildman–Crippen MR) is 187 cm³/mol. The third kappa shape index (κ3) is 8.41. The summed E-state index contributed by atoms with van der Waals surface area (Å²) >= 11 is 0. The number of cyclic esters (lactones) is 1. The van der Waals surface area contributed by atoms with E-state index in [9.17, 15) is 24.0 Å². The predicted octanol–water partition coefficient (Wildman–Crippen LogP) is 3.78. The average molecular weight is 723 g/mol. The normalized spacial score (nSPS) is 16.6. The first kappa shape index (κ1) is 38.7. The summed E-state index contributed by atoms with van der Waals surface area (Å²) in [7, 11) is 0. The molecule has 0 radical (unpaired) electrons. The highest BCUT2D eigenvalue weighted by atomic mass is 16.6. The van der Waals surface area contributed by atoms with Crippen LogP contribution in [-0.4, -0.2) is 90.7 Å². The number of aliphatic carboxylic acids is 1. The number of aromatic nitrogens is 2. The van der Waals surface area contributed by atoms with E-state index in [1.165, 1.54) is 0 Å². The fourth-order valence-electron chi connectivity index (χ4n) is 6.63. The first-order valence-electron chi connectivity index (χ1n) is 17.7. The summed E-state index contributed by atoms with van der Waals surface area (Å²) in [4.78, 5) is 68.5. The van der Waals surface area contributed by atoms with Crippen LogP contribution in [0.25, 0.3) is 22.3 Å². The Bertz CT molecular complexity index is 1890. The molecule has 0 bridgehead atoms. The highest BCUT2D eigenvalue weighted by Gasteiger charge is 2.50. The van der Waals surface area contributed by atoms with Crippen LogP contribution in [0.5, 0.6) is 0 Å². The van der Waals surface area contributed by atoms with Crippen molar-refractivity contribution in [2.24, 2.45) is 0 Å². The van der Waals surface area contributed by atoms with E-state index in [0.717, 1.165) is 34.0 Å². The zero-order chi connectivity index (χ0) is 37.4. The van der Waals surface area contributed by atoms with Crippen LogP contribution in [-0.2, 0) is 72.8 Å². The molecular weight excluding hydrogens is 676 g/mol. The average Bonchev–Trinajstić information content (AvgIpc) is 3.49. The first-order valence-corrected chi connectivity index (χ1v) is 17.7. The van der Waals surface area contributed by atoms with Crippen molar-refractivity contribution in [3.8, 4) is 11.4 Å². The summed E-state index contributed by atoms with van der Waals surface area (Å²) in [5, 5.41) is 9.61. The number of nitrogens with zero attached hydrogens (tertiary/aromatic N) is 2. The highest BCUT2D eigenvalue weighted by molar-refractivity contribution is 5.91. The number of carboxylic acid groups (broad SMARTS) is 1. The Labute approximate surface area is 301 Å². The van der Waals surface area contributed by atoms with Crippen LogP contribution in [0.3, 0.4) is 0 Å². The number of rotatable bonds is 20. The minimum absolute atomic E-state index is 0.0182. The first-order chi connectivity index (χ1) is 25.0. The summed E-state index contributed by atoms with van der Waals surface area (Å²) in [6.45, 7) is 8.22. The molecule has 0 aliphatic carbocycles. The van der Waals surface area contributed by atoms with Crippen molar-refractivity contribution >= 4 is 34.6 Å². The zero-order valence-electron chi connectivity index (χ0n) is 30.1. The quantitative estimate of drug-likeness (QED) is 0.103. The number of carboxylic acids is 1. The van der Waals surface area contributed by atoms with E-state index in [4.69, 9.17) is 38.5 Å². The molecule has 0 amide bonds. The maximum absolute atomic E-state index is 13.9. The molecule has 2 atom stereocenters. The van der Waals surface area contributed by atoms with Gasteiger partial charge in [0.2, 0.25) is 5.60 Å². The smallest absolute Gasteiger partial charge is 0.355 e. The van der Waals surface area contributed by atoms with Crippen molar-refractivity contribution in [2.45, 2.75) is 84.7 Å². The molecule has 0 spiro atoms. The molecule has 0 saturated carbocycles. The standard InChI is InChI=1S/C38H46N2O12/c1-5-25(20-48-12-13-49-22-33(42)43)50-15-14-47-19-24(41)9-11-34(44)52-38(7-3)30-17-32-35-28(18-40(32)36(45)29(30)21-51-37(38)46)26(6-2)27-16-23(4)8-10-31(27)39-35/h8,10,16-17,25H,5-7,9,11-15,18-22H2,1-4H3,(H,42,43)/t25?,38-/m0/s1. The lowest BCUT2D eigenvalue weighted by atomic mass is 9.85. The molecule has 0 saturated heterocycles. The summed E-state index contributed by atoms with van der Waals surface area (Å²) in [6.07, 6.45) is 0.754. The fourth-order valence-corrected chi connectivity index (χ4v) is 6.63. The van der Waals surface area contributed by atoms with Crippen molar-refractivity contribution < 1.29 is 52.7 Å². The molecule has 4 heterocycles. The number of carbonyl (C=O) groups is 4. The topological polar surface area (TPSA) is 179 Å². The van der Waals surface area contributed by atoms with E-state index in [1.807, 2.05) is 26.0 Å². The van der Waals surface area contributed by atoms with Crippen LogP contribution in [0.1, 0.15) is 74.3 Å². The molecule has 2 aliphatic heterocycles. The fraction of sp³-hybridized carbons (Fsp3) is 0.526. The molecule has 14 nitrogen and oxygen atoms in total. The molecule has 52 heavy (non-hydrogen) atoms. The molecule has 14 heteroatoms.